The largest absolute Gasteiger partial charge is 0.349 e. The summed E-state index contributed by atoms with van der Waals surface area (Å²) in [5, 5.41) is 0. The van der Waals surface area contributed by atoms with Gasteiger partial charge in [0, 0.05) is 25.4 Å². The Morgan fingerprint density at radius 1 is 1.67 bits per heavy atom. The fraction of sp³-hybridized carbons (Fsp3) is 0.636. The van der Waals surface area contributed by atoms with E-state index in [1.54, 1.807) is 13.2 Å². The lowest BCUT2D eigenvalue weighted by Gasteiger charge is -2.44. The Bertz CT molecular complexity index is 310. The van der Waals surface area contributed by atoms with Crippen molar-refractivity contribution in [2.24, 2.45) is 11.8 Å². The quantitative estimate of drug-likeness (QED) is 0.630. The van der Waals surface area contributed by atoms with E-state index < -0.39 is 5.79 Å². The maximum Gasteiger partial charge on any atom is 0.191 e. The van der Waals surface area contributed by atoms with Gasteiger partial charge in [0.25, 0.3) is 0 Å². The molecule has 0 radical (unpaired) electrons. The van der Waals surface area contributed by atoms with Crippen molar-refractivity contribution in [1.29, 1.82) is 0 Å². The normalized spacial score (nSPS) is 39.9. The number of carbonyl (C=O) groups excluding carboxylic acids is 2. The molecule has 0 spiro atoms. The van der Waals surface area contributed by atoms with Crippen LogP contribution in [-0.4, -0.2) is 31.6 Å². The van der Waals surface area contributed by atoms with Crippen molar-refractivity contribution >= 4 is 12.1 Å². The first-order valence-electron chi connectivity index (χ1n) is 5.08. The fourth-order valence-corrected chi connectivity index (χ4v) is 2.36. The number of hydrogen-bond acceptors (Lipinski definition) is 4. The predicted octanol–water partition coefficient (Wildman–Crippen LogP) is 0.710. The van der Waals surface area contributed by atoms with Crippen LogP contribution in [0.2, 0.25) is 0 Å². The molecule has 4 heteroatoms. The monoisotopic (exact) mass is 210 g/mol. The third-order valence-electron chi connectivity index (χ3n) is 3.23. The zero-order chi connectivity index (χ0) is 10.9. The molecule has 2 aliphatic rings. The standard InChI is InChI=1S/C11H14O4/c1-14-11-4-2-9(13)6-10(11)8(7-12)3-5-15-11/h2,4,7-8,10H,3,5-6H2,1H3/t8-,10+,11+/m1/s1. The van der Waals surface area contributed by atoms with Crippen molar-refractivity contribution in [2.45, 2.75) is 18.6 Å². The van der Waals surface area contributed by atoms with Crippen molar-refractivity contribution in [3.8, 4) is 0 Å². The topological polar surface area (TPSA) is 52.6 Å². The molecule has 2 rings (SSSR count). The summed E-state index contributed by atoms with van der Waals surface area (Å²) in [7, 11) is 1.54. The number of hydrogen-bond donors (Lipinski definition) is 0. The summed E-state index contributed by atoms with van der Waals surface area (Å²) in [5.74, 6) is -1.15. The second-order valence-corrected chi connectivity index (χ2v) is 3.97. The van der Waals surface area contributed by atoms with Crippen LogP contribution in [0.5, 0.6) is 0 Å². The van der Waals surface area contributed by atoms with Gasteiger partial charge in [-0.15, -0.1) is 0 Å². The molecule has 0 saturated carbocycles. The maximum atomic E-state index is 11.3. The molecule has 0 aromatic rings. The molecule has 0 aromatic heterocycles. The van der Waals surface area contributed by atoms with Crippen molar-refractivity contribution < 1.29 is 19.1 Å². The Balaban J connectivity index is 2.33. The smallest absolute Gasteiger partial charge is 0.191 e. The molecule has 0 aromatic carbocycles. The molecule has 1 saturated heterocycles. The van der Waals surface area contributed by atoms with Gasteiger partial charge >= 0.3 is 0 Å². The molecule has 0 unspecified atom stereocenters. The first-order valence-corrected chi connectivity index (χ1v) is 5.08. The molecule has 0 bridgehead atoms. The molecule has 82 valence electrons. The third-order valence-corrected chi connectivity index (χ3v) is 3.23. The molecule has 4 nitrogen and oxygen atoms in total. The zero-order valence-electron chi connectivity index (χ0n) is 8.64. The zero-order valence-corrected chi connectivity index (χ0v) is 8.64. The second-order valence-electron chi connectivity index (χ2n) is 3.97. The number of ether oxygens (including phenoxy) is 2. The van der Waals surface area contributed by atoms with Gasteiger partial charge in [0.05, 0.1) is 6.61 Å². The minimum absolute atomic E-state index is 0.0324. The van der Waals surface area contributed by atoms with Gasteiger partial charge in [-0.2, -0.15) is 0 Å². The maximum absolute atomic E-state index is 11.3. The van der Waals surface area contributed by atoms with Crippen LogP contribution >= 0.6 is 0 Å². The van der Waals surface area contributed by atoms with Crippen LogP contribution in [0, 0.1) is 11.8 Å². The van der Waals surface area contributed by atoms with Gasteiger partial charge in [0.2, 0.25) is 0 Å². The van der Waals surface area contributed by atoms with Crippen LogP contribution in [-0.2, 0) is 19.1 Å². The molecule has 0 N–H and O–H groups in total. The third kappa shape index (κ3) is 1.64. The van der Waals surface area contributed by atoms with Gasteiger partial charge in [-0.05, 0) is 18.6 Å². The van der Waals surface area contributed by atoms with Crippen LogP contribution in [0.25, 0.3) is 0 Å². The van der Waals surface area contributed by atoms with E-state index in [4.69, 9.17) is 9.47 Å². The van der Waals surface area contributed by atoms with Gasteiger partial charge in [-0.1, -0.05) is 0 Å². The van der Waals surface area contributed by atoms with Gasteiger partial charge in [0.15, 0.2) is 11.6 Å². The van der Waals surface area contributed by atoms with Crippen molar-refractivity contribution in [1.82, 2.24) is 0 Å². The van der Waals surface area contributed by atoms with E-state index in [0.29, 0.717) is 19.4 Å². The number of aldehydes is 1. The molecule has 1 aliphatic heterocycles. The first kappa shape index (κ1) is 10.5. The van der Waals surface area contributed by atoms with Crippen molar-refractivity contribution in [3.63, 3.8) is 0 Å². The van der Waals surface area contributed by atoms with E-state index in [0.717, 1.165) is 6.29 Å². The summed E-state index contributed by atoms with van der Waals surface area (Å²) in [4.78, 5) is 22.3. The molecular weight excluding hydrogens is 196 g/mol. The van der Waals surface area contributed by atoms with Crippen LogP contribution in [0.3, 0.4) is 0 Å². The van der Waals surface area contributed by atoms with Gasteiger partial charge < -0.3 is 14.3 Å². The van der Waals surface area contributed by atoms with Crippen LogP contribution in [0.1, 0.15) is 12.8 Å². The fourth-order valence-electron chi connectivity index (χ4n) is 2.36. The highest BCUT2D eigenvalue weighted by Gasteiger charge is 2.48. The van der Waals surface area contributed by atoms with Crippen LogP contribution in [0.15, 0.2) is 12.2 Å². The Kier molecular flexibility index (Phi) is 2.71. The minimum atomic E-state index is -0.863. The lowest BCUT2D eigenvalue weighted by Crippen LogP contribution is -2.51. The molecule has 0 amide bonds. The molecule has 15 heavy (non-hydrogen) atoms. The summed E-state index contributed by atoms with van der Waals surface area (Å²) < 4.78 is 10.9. The summed E-state index contributed by atoms with van der Waals surface area (Å²) in [6, 6.07) is 0. The highest BCUT2D eigenvalue weighted by molar-refractivity contribution is 5.91. The summed E-state index contributed by atoms with van der Waals surface area (Å²) in [6.45, 7) is 0.492. The molecular formula is C11H14O4. The highest BCUT2D eigenvalue weighted by atomic mass is 16.7. The first-order chi connectivity index (χ1) is 7.22. The average Bonchev–Trinajstić information content (AvgIpc) is 2.28. The van der Waals surface area contributed by atoms with E-state index in [2.05, 4.69) is 0 Å². The number of methoxy groups -OCH3 is 1. The van der Waals surface area contributed by atoms with Gasteiger partial charge in [-0.3, -0.25) is 4.79 Å². The Labute approximate surface area is 88.2 Å². The average molecular weight is 210 g/mol. The van der Waals surface area contributed by atoms with E-state index in [-0.39, 0.29) is 17.6 Å². The van der Waals surface area contributed by atoms with E-state index in [9.17, 15) is 9.59 Å². The summed E-state index contributed by atoms with van der Waals surface area (Å²) in [5.41, 5.74) is 0. The lowest BCUT2D eigenvalue weighted by atomic mass is 9.75. The Morgan fingerprint density at radius 3 is 3.13 bits per heavy atom. The second kappa shape index (κ2) is 3.87. The van der Waals surface area contributed by atoms with E-state index in [1.165, 1.54) is 6.08 Å². The lowest BCUT2D eigenvalue weighted by molar-refractivity contribution is -0.252. The van der Waals surface area contributed by atoms with Crippen LogP contribution in [0.4, 0.5) is 0 Å². The summed E-state index contributed by atoms with van der Waals surface area (Å²) in [6.07, 6.45) is 5.02. The molecule has 3 atom stereocenters. The van der Waals surface area contributed by atoms with Crippen molar-refractivity contribution in [3.05, 3.63) is 12.2 Å². The number of ketones is 1. The molecule has 1 aliphatic carbocycles. The van der Waals surface area contributed by atoms with Gasteiger partial charge in [-0.25, -0.2) is 0 Å². The number of fused-ring (bicyclic) bond motifs is 1. The minimum Gasteiger partial charge on any atom is -0.349 e. The van der Waals surface area contributed by atoms with E-state index >= 15 is 0 Å². The highest BCUT2D eigenvalue weighted by Crippen LogP contribution is 2.41. The van der Waals surface area contributed by atoms with Gasteiger partial charge in [0.1, 0.15) is 6.29 Å². The van der Waals surface area contributed by atoms with E-state index in [1.807, 2.05) is 0 Å². The SMILES string of the molecule is CO[C@]12C=CC(=O)C[C@H]1[C@@H](C=O)CCO2. The van der Waals surface area contributed by atoms with Crippen molar-refractivity contribution in [2.75, 3.05) is 13.7 Å². The molecule has 1 fully saturated rings. The predicted molar refractivity (Wildman–Crippen MR) is 52.1 cm³/mol. The Morgan fingerprint density at radius 2 is 2.47 bits per heavy atom. The summed E-state index contributed by atoms with van der Waals surface area (Å²) >= 11 is 0. The molecule has 1 heterocycles. The number of rotatable bonds is 2. The van der Waals surface area contributed by atoms with Crippen LogP contribution < -0.4 is 0 Å². The number of allylic oxidation sites excluding steroid dienone is 1. The number of carbonyl (C=O) groups is 2. The Hall–Kier alpha value is -1.00.